The second kappa shape index (κ2) is 10.4. The van der Waals surface area contributed by atoms with Crippen molar-refractivity contribution < 1.29 is 19.5 Å². The van der Waals surface area contributed by atoms with Crippen LogP contribution in [0.1, 0.15) is 35.4 Å². The summed E-state index contributed by atoms with van der Waals surface area (Å²) in [5, 5.41) is 15.9. The first-order chi connectivity index (χ1) is 16.2. The summed E-state index contributed by atoms with van der Waals surface area (Å²) in [5.41, 5.74) is 7.46. The van der Waals surface area contributed by atoms with E-state index in [1.54, 1.807) is 18.2 Å². The number of likely N-dealkylation sites (tertiary alicyclic amines) is 1. The smallest absolute Gasteiger partial charge is 0.405 e. The van der Waals surface area contributed by atoms with E-state index < -0.39 is 24.1 Å². The van der Waals surface area contributed by atoms with Crippen LogP contribution >= 0.6 is 34.5 Å². The molecule has 3 amide bonds. The Hall–Kier alpha value is -2.56. The molecule has 0 radical (unpaired) electrons. The molecule has 2 heterocycles. The first-order valence-corrected chi connectivity index (χ1v) is 12.6. The number of benzene rings is 1. The van der Waals surface area contributed by atoms with Crippen LogP contribution in [-0.4, -0.2) is 57.6 Å². The number of aromatic nitrogens is 1. The van der Waals surface area contributed by atoms with E-state index in [-0.39, 0.29) is 18.4 Å². The van der Waals surface area contributed by atoms with Crippen LogP contribution in [0.2, 0.25) is 10.0 Å². The van der Waals surface area contributed by atoms with Crippen LogP contribution in [-0.2, 0) is 28.9 Å². The van der Waals surface area contributed by atoms with Gasteiger partial charge in [-0.25, -0.2) is 9.78 Å². The van der Waals surface area contributed by atoms with E-state index in [0.717, 1.165) is 23.4 Å². The van der Waals surface area contributed by atoms with Crippen molar-refractivity contribution in [3.05, 3.63) is 44.4 Å². The lowest BCUT2D eigenvalue weighted by Crippen LogP contribution is -2.55. The summed E-state index contributed by atoms with van der Waals surface area (Å²) in [6.45, 7) is 0.385. The average Bonchev–Trinajstić information content (AvgIpc) is 3.40. The molecule has 3 atom stereocenters. The molecular weight excluding hydrogens is 501 g/mol. The number of aryl methyl sites for hydroxylation is 1. The van der Waals surface area contributed by atoms with Gasteiger partial charge in [0.15, 0.2) is 5.13 Å². The van der Waals surface area contributed by atoms with Crippen molar-refractivity contribution in [1.82, 2.24) is 20.5 Å². The zero-order valence-corrected chi connectivity index (χ0v) is 20.6. The van der Waals surface area contributed by atoms with E-state index in [1.807, 2.05) is 0 Å². The van der Waals surface area contributed by atoms with Crippen molar-refractivity contribution in [3.63, 3.8) is 0 Å². The number of nitrogens with two attached hydrogens (primary N) is 1. The monoisotopic (exact) mass is 525 g/mol. The van der Waals surface area contributed by atoms with Crippen molar-refractivity contribution in [3.8, 4) is 0 Å². The number of nitrogen functional groups attached to an aromatic ring is 1. The number of anilines is 1. The molecule has 5 N–H and O–H groups in total. The summed E-state index contributed by atoms with van der Waals surface area (Å²) in [4.78, 5) is 44.8. The van der Waals surface area contributed by atoms with Crippen molar-refractivity contribution in [2.45, 2.75) is 56.7 Å². The lowest BCUT2D eigenvalue weighted by molar-refractivity contribution is -0.140. The summed E-state index contributed by atoms with van der Waals surface area (Å²) in [6, 6.07) is 3.13. The summed E-state index contributed by atoms with van der Waals surface area (Å²) < 4.78 is 0. The first-order valence-electron chi connectivity index (χ1n) is 11.0. The maximum atomic E-state index is 13.4. The fourth-order valence-corrected chi connectivity index (χ4v) is 5.85. The van der Waals surface area contributed by atoms with Crippen LogP contribution in [0.4, 0.5) is 9.93 Å². The molecule has 0 spiro atoms. The number of nitrogens with one attached hydrogen (secondary N) is 2. The lowest BCUT2D eigenvalue weighted by atomic mass is 9.97. The minimum absolute atomic E-state index is 0.0541. The van der Waals surface area contributed by atoms with Gasteiger partial charge in [0.1, 0.15) is 12.1 Å². The Morgan fingerprint density at radius 1 is 1.26 bits per heavy atom. The number of carbonyl (C=O) groups is 3. The van der Waals surface area contributed by atoms with Crippen molar-refractivity contribution in [2.24, 2.45) is 0 Å². The van der Waals surface area contributed by atoms with E-state index >= 15 is 0 Å². The predicted octanol–water partition coefficient (Wildman–Crippen LogP) is 2.88. The minimum Gasteiger partial charge on any atom is -0.465 e. The Morgan fingerprint density at radius 3 is 2.79 bits per heavy atom. The molecule has 12 heteroatoms. The van der Waals surface area contributed by atoms with Crippen molar-refractivity contribution in [2.75, 3.05) is 12.3 Å². The average molecular weight is 526 g/mol. The number of carbonyl (C=O) groups excluding carboxylic acids is 2. The molecule has 1 unspecified atom stereocenters. The maximum Gasteiger partial charge on any atom is 0.405 e. The molecule has 34 heavy (non-hydrogen) atoms. The summed E-state index contributed by atoms with van der Waals surface area (Å²) in [5.74, 6) is -0.660. The summed E-state index contributed by atoms with van der Waals surface area (Å²) in [7, 11) is 0. The minimum atomic E-state index is -1.32. The molecule has 1 aliphatic carbocycles. The molecule has 1 fully saturated rings. The second-order valence-corrected chi connectivity index (χ2v) is 10.4. The van der Waals surface area contributed by atoms with E-state index in [1.165, 1.54) is 16.2 Å². The zero-order chi connectivity index (χ0) is 24.4. The number of amides is 3. The Bertz CT molecular complexity index is 1110. The van der Waals surface area contributed by atoms with Crippen LogP contribution in [0.3, 0.4) is 0 Å². The van der Waals surface area contributed by atoms with Crippen LogP contribution in [0.5, 0.6) is 0 Å². The molecule has 0 saturated carbocycles. The Kier molecular flexibility index (Phi) is 7.49. The number of carboxylic acid groups (broad SMARTS) is 1. The number of hydrogen-bond donors (Lipinski definition) is 4. The van der Waals surface area contributed by atoms with Gasteiger partial charge in [0.05, 0.1) is 15.7 Å². The fourth-order valence-electron chi connectivity index (χ4n) is 4.57. The molecule has 4 rings (SSSR count). The van der Waals surface area contributed by atoms with Gasteiger partial charge in [0.25, 0.3) is 0 Å². The van der Waals surface area contributed by atoms with Gasteiger partial charge in [-0.1, -0.05) is 29.3 Å². The van der Waals surface area contributed by atoms with Crippen LogP contribution in [0.25, 0.3) is 0 Å². The number of nitrogens with zero attached hydrogens (tertiary/aromatic N) is 2. The van der Waals surface area contributed by atoms with Gasteiger partial charge >= 0.3 is 6.09 Å². The highest BCUT2D eigenvalue weighted by Crippen LogP contribution is 2.29. The fraction of sp³-hybridized carbons (Fsp3) is 0.455. The Labute approximate surface area is 210 Å². The van der Waals surface area contributed by atoms with Gasteiger partial charge in [-0.3, -0.25) is 9.59 Å². The third-order valence-electron chi connectivity index (χ3n) is 6.16. The lowest BCUT2D eigenvalue weighted by Gasteiger charge is -2.30. The van der Waals surface area contributed by atoms with Gasteiger partial charge in [-0.05, 0) is 43.4 Å². The molecule has 2 aromatic rings. The third kappa shape index (κ3) is 5.56. The number of fused-ring (bicyclic) bond motifs is 1. The summed E-state index contributed by atoms with van der Waals surface area (Å²) in [6.07, 6.45) is 2.12. The molecule has 1 aliphatic heterocycles. The number of hydrogen-bond acceptors (Lipinski definition) is 6. The summed E-state index contributed by atoms with van der Waals surface area (Å²) >= 11 is 13.5. The van der Waals surface area contributed by atoms with Gasteiger partial charge in [0.2, 0.25) is 11.8 Å². The molecule has 182 valence electrons. The van der Waals surface area contributed by atoms with Gasteiger partial charge in [0, 0.05) is 30.3 Å². The molecule has 1 aromatic carbocycles. The van der Waals surface area contributed by atoms with Gasteiger partial charge in [-0.15, -0.1) is 11.3 Å². The Morgan fingerprint density at radius 2 is 2.06 bits per heavy atom. The van der Waals surface area contributed by atoms with Crippen LogP contribution in [0.15, 0.2) is 18.2 Å². The molecular formula is C22H25Cl2N5O4S. The first kappa shape index (κ1) is 24.6. The molecule has 1 aromatic heterocycles. The quantitative estimate of drug-likeness (QED) is 0.457. The topological polar surface area (TPSA) is 138 Å². The number of rotatable bonds is 6. The third-order valence-corrected chi connectivity index (χ3v) is 7.85. The molecule has 2 aliphatic rings. The standard InChI is InChI=1S/C22H25Cl2N5O4S/c23-13-5-3-11(8-14(13)24)9-16(28-22(32)33)20(31)29-7-1-2-17(29)19(30)26-12-4-6-15-18(10-12)34-21(25)27-15/h3,5,8,12,16-17,28H,1-2,4,6-7,9-10H2,(H2,25,27)(H,26,30)(H,32,33)/t12?,16-,17+/m1/s1. The van der Waals surface area contributed by atoms with Gasteiger partial charge < -0.3 is 26.4 Å². The zero-order valence-electron chi connectivity index (χ0n) is 18.2. The highest BCUT2D eigenvalue weighted by molar-refractivity contribution is 7.15. The van der Waals surface area contributed by atoms with Crippen LogP contribution < -0.4 is 16.4 Å². The highest BCUT2D eigenvalue weighted by atomic mass is 35.5. The van der Waals surface area contributed by atoms with Crippen molar-refractivity contribution >= 4 is 57.6 Å². The SMILES string of the molecule is Nc1nc2c(s1)CC(NC(=O)[C@@H]1CCCN1C(=O)[C@@H](Cc1ccc(Cl)c(Cl)c1)NC(=O)O)CC2. The maximum absolute atomic E-state index is 13.4. The van der Waals surface area contributed by atoms with Crippen molar-refractivity contribution in [1.29, 1.82) is 0 Å². The highest BCUT2D eigenvalue weighted by Gasteiger charge is 2.38. The molecule has 1 saturated heterocycles. The number of thiazole rings is 1. The predicted molar refractivity (Wildman–Crippen MR) is 130 cm³/mol. The second-order valence-electron chi connectivity index (χ2n) is 8.51. The molecule has 9 nitrogen and oxygen atoms in total. The Balaban J connectivity index is 1.44. The van der Waals surface area contributed by atoms with Gasteiger partial charge in [-0.2, -0.15) is 0 Å². The largest absolute Gasteiger partial charge is 0.465 e. The van der Waals surface area contributed by atoms with E-state index in [0.29, 0.717) is 46.5 Å². The molecule has 0 bridgehead atoms. The van der Waals surface area contributed by atoms with E-state index in [4.69, 9.17) is 28.9 Å². The van der Waals surface area contributed by atoms with E-state index in [2.05, 4.69) is 15.6 Å². The van der Waals surface area contributed by atoms with Crippen LogP contribution in [0, 0.1) is 0 Å². The normalized spacial score (nSPS) is 20.5. The number of halogens is 2. The van der Waals surface area contributed by atoms with E-state index in [9.17, 15) is 19.5 Å².